The maximum absolute atomic E-state index is 10.7. The van der Waals surface area contributed by atoms with Gasteiger partial charge in [-0.1, -0.05) is 0 Å². The second-order valence-electron chi connectivity index (χ2n) is 4.10. The molecule has 7 nitrogen and oxygen atoms in total. The van der Waals surface area contributed by atoms with Gasteiger partial charge in [0.25, 0.3) is 5.69 Å². The monoisotopic (exact) mass is 272 g/mol. The van der Waals surface area contributed by atoms with Gasteiger partial charge in [-0.05, 0) is 30.7 Å². The molecule has 0 bridgehead atoms. The smallest absolute Gasteiger partial charge is 0.273 e. The number of hydrogen-bond acceptors (Lipinski definition) is 5. The summed E-state index contributed by atoms with van der Waals surface area (Å²) in [6, 6.07) is 7.53. The third-order valence-corrected chi connectivity index (χ3v) is 2.62. The van der Waals surface area contributed by atoms with Gasteiger partial charge in [0.15, 0.2) is 0 Å². The molecule has 0 saturated carbocycles. The number of ether oxygens (including phenoxy) is 1. The van der Waals surface area contributed by atoms with Crippen LogP contribution in [0.3, 0.4) is 0 Å². The molecule has 7 heteroatoms. The molecule has 1 heterocycles. The van der Waals surface area contributed by atoms with E-state index in [1.165, 1.54) is 18.3 Å². The highest BCUT2D eigenvalue weighted by Gasteiger charge is 2.10. The van der Waals surface area contributed by atoms with Crippen LogP contribution in [0.15, 0.2) is 36.5 Å². The van der Waals surface area contributed by atoms with E-state index in [9.17, 15) is 10.1 Å². The number of aromatic nitrogens is 1. The van der Waals surface area contributed by atoms with Crippen LogP contribution < -0.4 is 10.5 Å². The van der Waals surface area contributed by atoms with E-state index in [1.54, 1.807) is 25.1 Å². The largest absolute Gasteiger partial charge is 0.455 e. The molecular formula is C13H12N4O3. The number of pyridine rings is 1. The van der Waals surface area contributed by atoms with Crippen molar-refractivity contribution >= 4 is 11.5 Å². The van der Waals surface area contributed by atoms with Gasteiger partial charge < -0.3 is 10.5 Å². The van der Waals surface area contributed by atoms with E-state index >= 15 is 0 Å². The highest BCUT2D eigenvalue weighted by Crippen LogP contribution is 2.28. The van der Waals surface area contributed by atoms with Crippen LogP contribution in [0.1, 0.15) is 11.3 Å². The summed E-state index contributed by atoms with van der Waals surface area (Å²) in [5, 5.41) is 18.0. The molecule has 0 aliphatic rings. The third-order valence-electron chi connectivity index (χ3n) is 2.62. The Kier molecular flexibility index (Phi) is 3.60. The molecule has 0 amide bonds. The summed E-state index contributed by atoms with van der Waals surface area (Å²) in [6.45, 7) is 1.79. The first kappa shape index (κ1) is 13.5. The van der Waals surface area contributed by atoms with Crippen LogP contribution in [-0.2, 0) is 0 Å². The van der Waals surface area contributed by atoms with Crippen molar-refractivity contribution < 1.29 is 9.66 Å². The zero-order chi connectivity index (χ0) is 14.7. The molecule has 0 aliphatic heterocycles. The summed E-state index contributed by atoms with van der Waals surface area (Å²) < 4.78 is 5.56. The van der Waals surface area contributed by atoms with Crippen LogP contribution in [0, 0.1) is 22.4 Å². The van der Waals surface area contributed by atoms with Crippen LogP contribution in [0.25, 0.3) is 0 Å². The SMILES string of the molecule is Cc1ccc([N+](=O)[O-])cc1Oc1ccc(C(=N)N)nc1. The first-order chi connectivity index (χ1) is 9.47. The van der Waals surface area contributed by atoms with E-state index in [0.717, 1.165) is 5.56 Å². The average molecular weight is 272 g/mol. The molecule has 0 spiro atoms. The Morgan fingerprint density at radius 1 is 1.40 bits per heavy atom. The number of non-ortho nitro benzene ring substituents is 1. The molecule has 0 fully saturated rings. The number of benzene rings is 1. The number of amidine groups is 1. The molecule has 3 N–H and O–H groups in total. The Labute approximate surface area is 114 Å². The minimum Gasteiger partial charge on any atom is -0.455 e. The number of nitrogen functional groups attached to an aromatic ring is 1. The van der Waals surface area contributed by atoms with Crippen molar-refractivity contribution in [3.05, 3.63) is 57.9 Å². The van der Waals surface area contributed by atoms with Gasteiger partial charge in [-0.25, -0.2) is 4.98 Å². The number of rotatable bonds is 4. The second kappa shape index (κ2) is 5.35. The third kappa shape index (κ3) is 2.89. The van der Waals surface area contributed by atoms with Crippen molar-refractivity contribution in [3.63, 3.8) is 0 Å². The molecule has 1 aromatic heterocycles. The van der Waals surface area contributed by atoms with Crippen LogP contribution in [-0.4, -0.2) is 15.7 Å². The zero-order valence-corrected chi connectivity index (χ0v) is 10.7. The Morgan fingerprint density at radius 2 is 2.15 bits per heavy atom. The van der Waals surface area contributed by atoms with Crippen LogP contribution in [0.2, 0.25) is 0 Å². The van der Waals surface area contributed by atoms with E-state index in [-0.39, 0.29) is 11.5 Å². The van der Waals surface area contributed by atoms with Crippen LogP contribution in [0.5, 0.6) is 11.5 Å². The lowest BCUT2D eigenvalue weighted by atomic mass is 10.2. The summed E-state index contributed by atoms with van der Waals surface area (Å²) in [5.74, 6) is 0.665. The fourth-order valence-electron chi connectivity index (χ4n) is 1.54. The second-order valence-corrected chi connectivity index (χ2v) is 4.10. The highest BCUT2D eigenvalue weighted by atomic mass is 16.6. The molecule has 0 atom stereocenters. The van der Waals surface area contributed by atoms with Gasteiger partial charge in [0.2, 0.25) is 0 Å². The molecule has 1 aromatic carbocycles. The van der Waals surface area contributed by atoms with Gasteiger partial charge in [0.1, 0.15) is 23.0 Å². The standard InChI is InChI=1S/C13H12N4O3/c1-8-2-3-9(17(18)19)6-12(8)20-10-4-5-11(13(14)15)16-7-10/h2-7H,1H3,(H3,14,15). The summed E-state index contributed by atoms with van der Waals surface area (Å²) in [7, 11) is 0. The number of nitrogens with two attached hydrogens (primary N) is 1. The lowest BCUT2D eigenvalue weighted by molar-refractivity contribution is -0.384. The molecule has 0 unspecified atom stereocenters. The van der Waals surface area contributed by atoms with Crippen LogP contribution >= 0.6 is 0 Å². The fraction of sp³-hybridized carbons (Fsp3) is 0.0769. The van der Waals surface area contributed by atoms with Gasteiger partial charge in [-0.3, -0.25) is 15.5 Å². The highest BCUT2D eigenvalue weighted by molar-refractivity contribution is 5.92. The summed E-state index contributed by atoms with van der Waals surface area (Å²) in [6.07, 6.45) is 1.41. The Hall–Kier alpha value is -2.96. The number of aryl methyl sites for hydroxylation is 1. The number of nitro groups is 1. The van der Waals surface area contributed by atoms with Gasteiger partial charge >= 0.3 is 0 Å². The maximum Gasteiger partial charge on any atom is 0.273 e. The molecular weight excluding hydrogens is 260 g/mol. The molecule has 20 heavy (non-hydrogen) atoms. The Balaban J connectivity index is 2.27. The van der Waals surface area contributed by atoms with E-state index in [1.807, 2.05) is 0 Å². The van der Waals surface area contributed by atoms with E-state index in [4.69, 9.17) is 15.9 Å². The van der Waals surface area contributed by atoms with E-state index in [0.29, 0.717) is 17.2 Å². The molecule has 0 aliphatic carbocycles. The van der Waals surface area contributed by atoms with Crippen molar-refractivity contribution in [1.82, 2.24) is 4.98 Å². The lowest BCUT2D eigenvalue weighted by Gasteiger charge is -2.08. The molecule has 2 rings (SSSR count). The molecule has 0 saturated heterocycles. The van der Waals surface area contributed by atoms with Crippen molar-refractivity contribution in [2.45, 2.75) is 6.92 Å². The minimum absolute atomic E-state index is 0.0427. The summed E-state index contributed by atoms with van der Waals surface area (Å²) in [5.41, 5.74) is 6.37. The minimum atomic E-state index is -0.483. The van der Waals surface area contributed by atoms with Crippen LogP contribution in [0.4, 0.5) is 5.69 Å². The molecule has 2 aromatic rings. The van der Waals surface area contributed by atoms with Gasteiger partial charge in [-0.2, -0.15) is 0 Å². The number of nitrogens with zero attached hydrogens (tertiary/aromatic N) is 2. The fourth-order valence-corrected chi connectivity index (χ4v) is 1.54. The summed E-state index contributed by atoms with van der Waals surface area (Å²) in [4.78, 5) is 14.2. The van der Waals surface area contributed by atoms with Gasteiger partial charge in [0.05, 0.1) is 17.2 Å². The van der Waals surface area contributed by atoms with E-state index in [2.05, 4.69) is 4.98 Å². The summed E-state index contributed by atoms with van der Waals surface area (Å²) >= 11 is 0. The molecule has 0 radical (unpaired) electrons. The number of nitrogens with one attached hydrogen (secondary N) is 1. The van der Waals surface area contributed by atoms with Crippen molar-refractivity contribution in [3.8, 4) is 11.5 Å². The van der Waals surface area contributed by atoms with Gasteiger partial charge in [0, 0.05) is 6.07 Å². The van der Waals surface area contributed by atoms with E-state index < -0.39 is 4.92 Å². The lowest BCUT2D eigenvalue weighted by Crippen LogP contribution is -2.12. The van der Waals surface area contributed by atoms with Crippen molar-refractivity contribution in [2.75, 3.05) is 0 Å². The first-order valence-electron chi connectivity index (χ1n) is 5.70. The topological polar surface area (TPSA) is 115 Å². The first-order valence-corrected chi connectivity index (χ1v) is 5.70. The zero-order valence-electron chi connectivity index (χ0n) is 10.7. The quantitative estimate of drug-likeness (QED) is 0.383. The van der Waals surface area contributed by atoms with Gasteiger partial charge in [-0.15, -0.1) is 0 Å². The maximum atomic E-state index is 10.7. The normalized spacial score (nSPS) is 10.1. The number of nitro benzene ring substituents is 1. The average Bonchev–Trinajstić information content (AvgIpc) is 2.41. The number of hydrogen-bond donors (Lipinski definition) is 2. The van der Waals surface area contributed by atoms with Crippen molar-refractivity contribution in [1.29, 1.82) is 5.41 Å². The Morgan fingerprint density at radius 3 is 2.70 bits per heavy atom. The Bertz CT molecular complexity index is 668. The predicted molar refractivity (Wildman–Crippen MR) is 73.2 cm³/mol. The predicted octanol–water partition coefficient (Wildman–Crippen LogP) is 2.37. The van der Waals surface area contributed by atoms with Crippen molar-refractivity contribution in [2.24, 2.45) is 5.73 Å². The molecule has 102 valence electrons.